The number of rotatable bonds is 9. The van der Waals surface area contributed by atoms with Gasteiger partial charge in [-0.3, -0.25) is 0 Å². The molecule has 0 aromatic heterocycles. The monoisotopic (exact) mass is 484 g/mol. The number of carbonyl (C=O) groups is 1. The van der Waals surface area contributed by atoms with Crippen LogP contribution in [0, 0.1) is 11.7 Å². The van der Waals surface area contributed by atoms with E-state index >= 15 is 0 Å². The number of para-hydroxylation sites is 1. The number of halogens is 1. The molecule has 0 heterocycles. The Hall–Kier alpha value is -3.39. The van der Waals surface area contributed by atoms with Crippen molar-refractivity contribution in [2.75, 3.05) is 11.9 Å². The minimum atomic E-state index is -4.08. The third-order valence-electron chi connectivity index (χ3n) is 5.12. The molecular weight excluding hydrogens is 455 g/mol. The number of carbonyl (C=O) groups excluding carboxylic acids is 1. The van der Waals surface area contributed by atoms with Crippen LogP contribution in [0.1, 0.15) is 31.9 Å². The Labute approximate surface area is 200 Å². The van der Waals surface area contributed by atoms with Crippen molar-refractivity contribution in [3.63, 3.8) is 0 Å². The minimum absolute atomic E-state index is 0.129. The van der Waals surface area contributed by atoms with Crippen LogP contribution in [0.5, 0.6) is 5.75 Å². The summed E-state index contributed by atoms with van der Waals surface area (Å²) in [7, 11) is -4.08. The number of urea groups is 1. The van der Waals surface area contributed by atoms with E-state index in [1.807, 2.05) is 45.0 Å². The molecule has 3 aromatic carbocycles. The van der Waals surface area contributed by atoms with Crippen molar-refractivity contribution < 1.29 is 21.8 Å². The Morgan fingerprint density at radius 3 is 2.26 bits per heavy atom. The molecular formula is C26H29FN2O4S. The number of anilines is 1. The quantitative estimate of drug-likeness (QED) is 0.387. The SMILES string of the molecule is CCc1ccccc1NC(=O)N(Cc1ccc(OS(=O)(=O)c2ccc(F)cc2)cc1)CC(C)C. The molecule has 0 aliphatic carbocycles. The van der Waals surface area contributed by atoms with Crippen LogP contribution in [-0.2, 0) is 23.1 Å². The summed E-state index contributed by atoms with van der Waals surface area (Å²) in [6.45, 7) is 7.02. The van der Waals surface area contributed by atoms with Gasteiger partial charge in [0.15, 0.2) is 0 Å². The molecule has 1 N–H and O–H groups in total. The Bertz CT molecular complexity index is 1210. The molecule has 0 unspecified atom stereocenters. The first kappa shape index (κ1) is 25.2. The van der Waals surface area contributed by atoms with Crippen LogP contribution in [-0.4, -0.2) is 25.9 Å². The second-order valence-electron chi connectivity index (χ2n) is 8.35. The van der Waals surface area contributed by atoms with Crippen molar-refractivity contribution in [2.24, 2.45) is 5.92 Å². The minimum Gasteiger partial charge on any atom is -0.379 e. The number of amides is 2. The van der Waals surface area contributed by atoms with Crippen LogP contribution >= 0.6 is 0 Å². The Balaban J connectivity index is 1.71. The lowest BCUT2D eigenvalue weighted by atomic mass is 10.1. The van der Waals surface area contributed by atoms with E-state index < -0.39 is 15.9 Å². The zero-order valence-corrected chi connectivity index (χ0v) is 20.3. The fraction of sp³-hybridized carbons (Fsp3) is 0.269. The lowest BCUT2D eigenvalue weighted by molar-refractivity contribution is 0.201. The molecule has 0 aliphatic heterocycles. The van der Waals surface area contributed by atoms with E-state index in [0.29, 0.717) is 13.1 Å². The lowest BCUT2D eigenvalue weighted by Gasteiger charge is -2.25. The van der Waals surface area contributed by atoms with Crippen LogP contribution in [0.2, 0.25) is 0 Å². The van der Waals surface area contributed by atoms with Crippen LogP contribution in [0.3, 0.4) is 0 Å². The molecule has 6 nitrogen and oxygen atoms in total. The second-order valence-corrected chi connectivity index (χ2v) is 9.90. The van der Waals surface area contributed by atoms with Crippen LogP contribution in [0.15, 0.2) is 77.7 Å². The Morgan fingerprint density at radius 2 is 1.65 bits per heavy atom. The van der Waals surface area contributed by atoms with Crippen molar-refractivity contribution in [1.29, 1.82) is 0 Å². The third kappa shape index (κ3) is 6.81. The zero-order chi connectivity index (χ0) is 24.7. The summed E-state index contributed by atoms with van der Waals surface area (Å²) in [6.07, 6.45) is 0.808. The van der Waals surface area contributed by atoms with E-state index in [1.54, 1.807) is 17.0 Å². The average Bonchev–Trinajstić information content (AvgIpc) is 2.80. The average molecular weight is 485 g/mol. The van der Waals surface area contributed by atoms with Crippen molar-refractivity contribution in [3.05, 3.63) is 89.7 Å². The first-order chi connectivity index (χ1) is 16.2. The molecule has 0 bridgehead atoms. The fourth-order valence-electron chi connectivity index (χ4n) is 3.45. The zero-order valence-electron chi connectivity index (χ0n) is 19.5. The van der Waals surface area contributed by atoms with Crippen molar-refractivity contribution >= 4 is 21.8 Å². The van der Waals surface area contributed by atoms with Gasteiger partial charge in [0.1, 0.15) is 16.5 Å². The Morgan fingerprint density at radius 1 is 1.00 bits per heavy atom. The van der Waals surface area contributed by atoms with Crippen molar-refractivity contribution in [3.8, 4) is 5.75 Å². The summed E-state index contributed by atoms with van der Waals surface area (Å²) >= 11 is 0. The summed E-state index contributed by atoms with van der Waals surface area (Å²) in [5.41, 5.74) is 2.67. The number of hydrogen-bond donors (Lipinski definition) is 1. The van der Waals surface area contributed by atoms with Gasteiger partial charge in [-0.25, -0.2) is 9.18 Å². The normalized spacial score (nSPS) is 11.3. The lowest BCUT2D eigenvalue weighted by Crippen LogP contribution is -2.37. The fourth-order valence-corrected chi connectivity index (χ4v) is 4.38. The van der Waals surface area contributed by atoms with E-state index in [2.05, 4.69) is 5.32 Å². The van der Waals surface area contributed by atoms with Gasteiger partial charge in [-0.15, -0.1) is 0 Å². The standard InChI is InChI=1S/C26H29FN2O4S/c1-4-21-7-5-6-8-25(21)28-26(30)29(17-19(2)3)18-20-9-13-23(14-10-20)33-34(31,32)24-15-11-22(27)12-16-24/h5-16,19H,4,17-18H2,1-3H3,(H,28,30). The maximum Gasteiger partial charge on any atom is 0.339 e. The summed E-state index contributed by atoms with van der Waals surface area (Å²) in [4.78, 5) is 14.6. The maximum atomic E-state index is 13.1. The molecule has 34 heavy (non-hydrogen) atoms. The van der Waals surface area contributed by atoms with Crippen molar-refractivity contribution in [2.45, 2.75) is 38.6 Å². The molecule has 3 aromatic rings. The summed E-state index contributed by atoms with van der Waals surface area (Å²) in [5.74, 6) is -0.142. The first-order valence-corrected chi connectivity index (χ1v) is 12.5. The summed E-state index contributed by atoms with van der Waals surface area (Å²) in [6, 6.07) is 18.4. The predicted molar refractivity (Wildman–Crippen MR) is 131 cm³/mol. The molecule has 180 valence electrons. The van der Waals surface area contributed by atoms with Gasteiger partial charge in [0.05, 0.1) is 0 Å². The highest BCUT2D eigenvalue weighted by Crippen LogP contribution is 2.21. The van der Waals surface area contributed by atoms with Crippen LogP contribution in [0.4, 0.5) is 14.9 Å². The maximum absolute atomic E-state index is 13.1. The molecule has 0 atom stereocenters. The smallest absolute Gasteiger partial charge is 0.339 e. The number of nitrogens with one attached hydrogen (secondary N) is 1. The van der Waals surface area contributed by atoms with E-state index in [9.17, 15) is 17.6 Å². The molecule has 3 rings (SSSR count). The van der Waals surface area contributed by atoms with Gasteiger partial charge in [-0.05, 0) is 65.9 Å². The number of hydrogen-bond acceptors (Lipinski definition) is 4. The molecule has 0 spiro atoms. The van der Waals surface area contributed by atoms with Gasteiger partial charge >= 0.3 is 16.1 Å². The summed E-state index contributed by atoms with van der Waals surface area (Å²) < 4.78 is 43.1. The molecule has 0 aliphatic rings. The van der Waals surface area contributed by atoms with Gasteiger partial charge in [0, 0.05) is 18.8 Å². The van der Waals surface area contributed by atoms with Gasteiger partial charge in [-0.2, -0.15) is 8.42 Å². The van der Waals surface area contributed by atoms with Crippen LogP contribution < -0.4 is 9.50 Å². The topological polar surface area (TPSA) is 75.7 Å². The molecule has 0 fully saturated rings. The third-order valence-corrected chi connectivity index (χ3v) is 6.38. The molecule has 8 heteroatoms. The number of benzene rings is 3. The highest BCUT2D eigenvalue weighted by Gasteiger charge is 2.19. The van der Waals surface area contributed by atoms with E-state index in [0.717, 1.165) is 47.5 Å². The number of nitrogens with zero attached hydrogens (tertiary/aromatic N) is 1. The Kier molecular flexibility index (Phi) is 8.28. The molecule has 0 saturated heterocycles. The van der Waals surface area contributed by atoms with Crippen LogP contribution in [0.25, 0.3) is 0 Å². The first-order valence-electron chi connectivity index (χ1n) is 11.1. The van der Waals surface area contributed by atoms with E-state index in [4.69, 9.17) is 4.18 Å². The van der Waals surface area contributed by atoms with E-state index in [1.165, 1.54) is 12.1 Å². The molecule has 0 radical (unpaired) electrons. The van der Waals surface area contributed by atoms with Gasteiger partial charge in [0.2, 0.25) is 0 Å². The predicted octanol–water partition coefficient (Wildman–Crippen LogP) is 5.85. The van der Waals surface area contributed by atoms with Gasteiger partial charge in [0.25, 0.3) is 0 Å². The van der Waals surface area contributed by atoms with Gasteiger partial charge < -0.3 is 14.4 Å². The molecule has 2 amide bonds. The highest BCUT2D eigenvalue weighted by molar-refractivity contribution is 7.87. The largest absolute Gasteiger partial charge is 0.379 e. The number of aryl methyl sites for hydroxylation is 1. The summed E-state index contributed by atoms with van der Waals surface area (Å²) in [5, 5.41) is 3.01. The van der Waals surface area contributed by atoms with Crippen molar-refractivity contribution in [1.82, 2.24) is 4.90 Å². The van der Waals surface area contributed by atoms with Gasteiger partial charge in [-0.1, -0.05) is 51.1 Å². The second kappa shape index (κ2) is 11.2. The van der Waals surface area contributed by atoms with E-state index in [-0.39, 0.29) is 22.6 Å². The highest BCUT2D eigenvalue weighted by atomic mass is 32.2. The molecule has 0 saturated carbocycles.